The van der Waals surface area contributed by atoms with Crippen LogP contribution in [0.25, 0.3) is 0 Å². The molecule has 56 valence electrons. The lowest BCUT2D eigenvalue weighted by Gasteiger charge is -2.17. The zero-order chi connectivity index (χ0) is 7.40. The van der Waals surface area contributed by atoms with Crippen LogP contribution in [0.3, 0.4) is 0 Å². The fourth-order valence-electron chi connectivity index (χ4n) is 1.15. The summed E-state index contributed by atoms with van der Waals surface area (Å²) in [6.07, 6.45) is 4.99. The third-order valence-electron chi connectivity index (χ3n) is 1.59. The third kappa shape index (κ3) is 1.97. The number of allylic oxidation sites excluding steroid dienone is 1. The summed E-state index contributed by atoms with van der Waals surface area (Å²) in [5, 5.41) is 3.23. The molecule has 1 atom stereocenters. The van der Waals surface area contributed by atoms with E-state index in [0.717, 1.165) is 19.5 Å². The van der Waals surface area contributed by atoms with Gasteiger partial charge in [-0.3, -0.25) is 0 Å². The van der Waals surface area contributed by atoms with Crippen LogP contribution < -0.4 is 11.1 Å². The summed E-state index contributed by atoms with van der Waals surface area (Å²) < 4.78 is 0. The average molecular weight is 138 g/mol. The number of hydrogen-bond acceptors (Lipinski definition) is 2. The molecule has 1 rings (SSSR count). The van der Waals surface area contributed by atoms with Crippen LogP contribution in [0.1, 0.15) is 6.42 Å². The lowest BCUT2D eigenvalue weighted by molar-refractivity contribution is 0.629. The first-order valence-corrected chi connectivity index (χ1v) is 3.59. The maximum atomic E-state index is 5.68. The van der Waals surface area contributed by atoms with E-state index in [1.54, 1.807) is 0 Å². The van der Waals surface area contributed by atoms with Crippen molar-refractivity contribution < 1.29 is 0 Å². The van der Waals surface area contributed by atoms with Gasteiger partial charge in [0.1, 0.15) is 0 Å². The molecule has 3 N–H and O–H groups in total. The second-order valence-electron chi connectivity index (χ2n) is 2.61. The average Bonchev–Trinajstić information content (AvgIpc) is 1.88. The molecule has 0 spiro atoms. The van der Waals surface area contributed by atoms with Crippen molar-refractivity contribution in [2.75, 3.05) is 13.1 Å². The highest BCUT2D eigenvalue weighted by Gasteiger charge is 2.06. The van der Waals surface area contributed by atoms with Crippen LogP contribution in [-0.4, -0.2) is 19.1 Å². The Morgan fingerprint density at radius 2 is 2.70 bits per heavy atom. The van der Waals surface area contributed by atoms with Crippen molar-refractivity contribution in [1.29, 1.82) is 0 Å². The molecule has 0 amide bonds. The Kier molecular flexibility index (Phi) is 2.66. The molecule has 1 aliphatic heterocycles. The molecular weight excluding hydrogens is 124 g/mol. The lowest BCUT2D eigenvalue weighted by atomic mass is 10.1. The van der Waals surface area contributed by atoms with Gasteiger partial charge < -0.3 is 11.1 Å². The van der Waals surface area contributed by atoms with Crippen molar-refractivity contribution in [3.8, 4) is 0 Å². The highest BCUT2D eigenvalue weighted by molar-refractivity contribution is 5.14. The fraction of sp³-hybridized carbons (Fsp3) is 0.500. The first-order chi connectivity index (χ1) is 4.83. The Morgan fingerprint density at radius 1 is 1.90 bits per heavy atom. The van der Waals surface area contributed by atoms with E-state index in [1.807, 2.05) is 6.08 Å². The molecule has 2 heteroatoms. The van der Waals surface area contributed by atoms with Gasteiger partial charge in [0.15, 0.2) is 0 Å². The number of hydrogen-bond donors (Lipinski definition) is 2. The van der Waals surface area contributed by atoms with Crippen molar-refractivity contribution in [3.63, 3.8) is 0 Å². The molecule has 0 fully saturated rings. The van der Waals surface area contributed by atoms with Gasteiger partial charge in [0, 0.05) is 19.1 Å². The molecule has 0 aromatic carbocycles. The molecule has 10 heavy (non-hydrogen) atoms. The summed E-state index contributed by atoms with van der Waals surface area (Å²) in [6.45, 7) is 5.55. The number of rotatable bonds is 2. The van der Waals surface area contributed by atoms with Crippen molar-refractivity contribution >= 4 is 0 Å². The van der Waals surface area contributed by atoms with Gasteiger partial charge in [0.2, 0.25) is 0 Å². The summed E-state index contributed by atoms with van der Waals surface area (Å²) in [5.41, 5.74) is 7.04. The Hall–Kier alpha value is -0.600. The van der Waals surface area contributed by atoms with Crippen LogP contribution in [0.15, 0.2) is 24.3 Å². The van der Waals surface area contributed by atoms with Gasteiger partial charge >= 0.3 is 0 Å². The molecule has 0 aromatic heterocycles. The van der Waals surface area contributed by atoms with Gasteiger partial charge in [-0.1, -0.05) is 17.7 Å². The Bertz CT molecular complexity index is 149. The highest BCUT2D eigenvalue weighted by Crippen LogP contribution is 2.04. The summed E-state index contributed by atoms with van der Waals surface area (Å²) in [7, 11) is 0. The van der Waals surface area contributed by atoms with Crippen LogP contribution in [0.5, 0.6) is 0 Å². The van der Waals surface area contributed by atoms with E-state index in [1.165, 1.54) is 5.57 Å². The van der Waals surface area contributed by atoms with Crippen LogP contribution in [0, 0.1) is 0 Å². The van der Waals surface area contributed by atoms with Gasteiger partial charge in [-0.15, -0.1) is 6.58 Å². The van der Waals surface area contributed by atoms with Gasteiger partial charge in [0.25, 0.3) is 0 Å². The predicted octanol–water partition coefficient (Wildman–Crippen LogP) is 0.419. The van der Waals surface area contributed by atoms with Crippen molar-refractivity contribution in [1.82, 2.24) is 5.32 Å². The van der Waals surface area contributed by atoms with Gasteiger partial charge in [-0.25, -0.2) is 0 Å². The number of nitrogens with one attached hydrogen (secondary N) is 1. The van der Waals surface area contributed by atoms with Crippen LogP contribution in [-0.2, 0) is 0 Å². The summed E-state index contributed by atoms with van der Waals surface area (Å²) in [5.74, 6) is 0. The molecule has 0 aliphatic carbocycles. The van der Waals surface area contributed by atoms with Crippen molar-refractivity contribution in [2.45, 2.75) is 12.5 Å². The maximum Gasteiger partial charge on any atom is 0.0354 e. The van der Waals surface area contributed by atoms with E-state index in [9.17, 15) is 0 Å². The molecule has 1 unspecified atom stereocenters. The van der Waals surface area contributed by atoms with E-state index in [4.69, 9.17) is 5.73 Å². The molecular formula is C8H14N2. The van der Waals surface area contributed by atoms with Crippen LogP contribution in [0.4, 0.5) is 0 Å². The molecule has 0 radical (unpaired) electrons. The first kappa shape index (κ1) is 7.51. The third-order valence-corrected chi connectivity index (χ3v) is 1.59. The van der Waals surface area contributed by atoms with Gasteiger partial charge in [-0.05, 0) is 6.42 Å². The minimum atomic E-state index is 0.198. The fourth-order valence-corrected chi connectivity index (χ4v) is 1.15. The second kappa shape index (κ2) is 3.54. The zero-order valence-electron chi connectivity index (χ0n) is 6.14. The molecule has 0 saturated heterocycles. The Morgan fingerprint density at radius 3 is 3.30 bits per heavy atom. The minimum Gasteiger partial charge on any atom is -0.323 e. The Labute approximate surface area is 61.8 Å². The molecule has 0 aromatic rings. The summed E-state index contributed by atoms with van der Waals surface area (Å²) >= 11 is 0. The normalized spacial score (nSPS) is 25.7. The van der Waals surface area contributed by atoms with E-state index in [2.05, 4.69) is 18.0 Å². The first-order valence-electron chi connectivity index (χ1n) is 3.59. The topological polar surface area (TPSA) is 38.0 Å². The van der Waals surface area contributed by atoms with Gasteiger partial charge in [-0.2, -0.15) is 0 Å². The van der Waals surface area contributed by atoms with Gasteiger partial charge in [0.05, 0.1) is 0 Å². The second-order valence-corrected chi connectivity index (χ2v) is 2.61. The van der Waals surface area contributed by atoms with Crippen molar-refractivity contribution in [2.24, 2.45) is 5.73 Å². The summed E-state index contributed by atoms with van der Waals surface area (Å²) in [4.78, 5) is 0. The Balaban J connectivity index is 2.48. The smallest absolute Gasteiger partial charge is 0.0354 e. The van der Waals surface area contributed by atoms with E-state index >= 15 is 0 Å². The maximum absolute atomic E-state index is 5.68. The zero-order valence-corrected chi connectivity index (χ0v) is 6.14. The number of nitrogens with two attached hydrogens (primary N) is 1. The van der Waals surface area contributed by atoms with Crippen LogP contribution >= 0.6 is 0 Å². The SMILES string of the molecule is C=CCC1=CC(N)CNC1. The molecule has 1 aliphatic rings. The molecule has 1 heterocycles. The molecule has 0 saturated carbocycles. The van der Waals surface area contributed by atoms with E-state index in [0.29, 0.717) is 0 Å². The predicted molar refractivity (Wildman–Crippen MR) is 43.7 cm³/mol. The largest absolute Gasteiger partial charge is 0.323 e. The quantitative estimate of drug-likeness (QED) is 0.543. The van der Waals surface area contributed by atoms with Crippen LogP contribution in [0.2, 0.25) is 0 Å². The van der Waals surface area contributed by atoms with Crippen molar-refractivity contribution in [3.05, 3.63) is 24.3 Å². The molecule has 2 nitrogen and oxygen atoms in total. The minimum absolute atomic E-state index is 0.198. The highest BCUT2D eigenvalue weighted by atomic mass is 14.9. The lowest BCUT2D eigenvalue weighted by Crippen LogP contribution is -2.37. The summed E-state index contributed by atoms with van der Waals surface area (Å²) in [6, 6.07) is 0.198. The molecule has 0 bridgehead atoms. The monoisotopic (exact) mass is 138 g/mol. The van der Waals surface area contributed by atoms with E-state index < -0.39 is 0 Å². The standard InChI is InChI=1S/C8H14N2/c1-2-3-7-4-8(9)6-10-5-7/h2,4,8,10H,1,3,5-6,9H2. The van der Waals surface area contributed by atoms with E-state index in [-0.39, 0.29) is 6.04 Å².